The molecule has 1 rings (SSSR count). The molecular formula is C9H15F3N4O. The number of aryl methyl sites for hydroxylation is 1. The van der Waals surface area contributed by atoms with Gasteiger partial charge in [-0.1, -0.05) is 0 Å². The molecule has 8 heteroatoms. The summed E-state index contributed by atoms with van der Waals surface area (Å²) in [7, 11) is 0. The van der Waals surface area contributed by atoms with Crippen molar-refractivity contribution in [3.8, 4) is 0 Å². The van der Waals surface area contributed by atoms with E-state index in [-0.39, 0.29) is 12.6 Å². The third-order valence-corrected chi connectivity index (χ3v) is 1.90. The standard InChI is InChI=1S/C9H15F3N4O/c1-7(13)8-14-6-16(15-8)3-2-4-17-5-9(10,11)12/h6-7H,2-5,13H2,1H3. The maximum atomic E-state index is 11.7. The Hall–Kier alpha value is -1.15. The van der Waals surface area contributed by atoms with Gasteiger partial charge in [-0.3, -0.25) is 4.68 Å². The molecule has 0 fully saturated rings. The molecule has 1 atom stereocenters. The normalized spacial score (nSPS) is 13.9. The molecule has 1 aromatic heterocycles. The van der Waals surface area contributed by atoms with Gasteiger partial charge in [0.15, 0.2) is 5.82 Å². The lowest BCUT2D eigenvalue weighted by molar-refractivity contribution is -0.174. The van der Waals surface area contributed by atoms with Crippen molar-refractivity contribution in [2.45, 2.75) is 32.1 Å². The second-order valence-corrected chi connectivity index (χ2v) is 3.68. The lowest BCUT2D eigenvalue weighted by Crippen LogP contribution is -2.18. The van der Waals surface area contributed by atoms with Gasteiger partial charge in [-0.05, 0) is 13.3 Å². The van der Waals surface area contributed by atoms with Crippen molar-refractivity contribution in [1.29, 1.82) is 0 Å². The molecule has 0 aliphatic carbocycles. The van der Waals surface area contributed by atoms with E-state index in [4.69, 9.17) is 5.73 Å². The van der Waals surface area contributed by atoms with E-state index >= 15 is 0 Å². The zero-order chi connectivity index (χ0) is 12.9. The molecule has 0 saturated heterocycles. The second-order valence-electron chi connectivity index (χ2n) is 3.68. The van der Waals surface area contributed by atoms with Crippen LogP contribution in [0.1, 0.15) is 25.2 Å². The number of nitrogens with zero attached hydrogens (tertiary/aromatic N) is 3. The summed E-state index contributed by atoms with van der Waals surface area (Å²) in [6, 6.07) is -0.252. The highest BCUT2D eigenvalue weighted by atomic mass is 19.4. The van der Waals surface area contributed by atoms with E-state index in [2.05, 4.69) is 14.8 Å². The third-order valence-electron chi connectivity index (χ3n) is 1.90. The van der Waals surface area contributed by atoms with Gasteiger partial charge in [0, 0.05) is 13.2 Å². The first-order chi connectivity index (χ1) is 7.88. The number of ether oxygens (including phenoxy) is 1. The highest BCUT2D eigenvalue weighted by Gasteiger charge is 2.27. The van der Waals surface area contributed by atoms with Gasteiger partial charge in [0.1, 0.15) is 12.9 Å². The summed E-state index contributed by atoms with van der Waals surface area (Å²) in [5.74, 6) is 0.515. The van der Waals surface area contributed by atoms with Crippen molar-refractivity contribution in [3.05, 3.63) is 12.2 Å². The molecule has 0 aliphatic heterocycles. The molecule has 0 spiro atoms. The number of rotatable bonds is 6. The van der Waals surface area contributed by atoms with Crippen LogP contribution in [0.5, 0.6) is 0 Å². The second kappa shape index (κ2) is 5.97. The molecule has 0 bridgehead atoms. The van der Waals surface area contributed by atoms with Crippen LogP contribution in [0, 0.1) is 0 Å². The zero-order valence-electron chi connectivity index (χ0n) is 9.44. The maximum absolute atomic E-state index is 11.7. The molecule has 0 saturated carbocycles. The minimum absolute atomic E-state index is 0.0346. The van der Waals surface area contributed by atoms with Gasteiger partial charge >= 0.3 is 6.18 Å². The zero-order valence-corrected chi connectivity index (χ0v) is 9.44. The fourth-order valence-electron chi connectivity index (χ4n) is 1.14. The molecule has 1 heterocycles. The van der Waals surface area contributed by atoms with Gasteiger partial charge in [0.2, 0.25) is 0 Å². The first-order valence-corrected chi connectivity index (χ1v) is 5.18. The number of nitrogens with two attached hydrogens (primary N) is 1. The van der Waals surface area contributed by atoms with E-state index in [0.717, 1.165) is 0 Å². The van der Waals surface area contributed by atoms with Crippen molar-refractivity contribution in [1.82, 2.24) is 14.8 Å². The molecule has 1 aromatic rings. The highest BCUT2D eigenvalue weighted by Crippen LogP contribution is 2.14. The molecule has 1 unspecified atom stereocenters. The van der Waals surface area contributed by atoms with Gasteiger partial charge in [-0.25, -0.2) is 4.98 Å². The fourth-order valence-corrected chi connectivity index (χ4v) is 1.14. The van der Waals surface area contributed by atoms with E-state index in [1.54, 1.807) is 6.92 Å². The Morgan fingerprint density at radius 1 is 1.53 bits per heavy atom. The van der Waals surface area contributed by atoms with E-state index < -0.39 is 12.8 Å². The summed E-state index contributed by atoms with van der Waals surface area (Å²) in [5.41, 5.74) is 5.56. The Labute approximate surface area is 96.8 Å². The van der Waals surface area contributed by atoms with E-state index in [1.165, 1.54) is 11.0 Å². The highest BCUT2D eigenvalue weighted by molar-refractivity contribution is 4.87. The van der Waals surface area contributed by atoms with Gasteiger partial charge in [-0.2, -0.15) is 18.3 Å². The van der Waals surface area contributed by atoms with Crippen molar-refractivity contribution in [2.75, 3.05) is 13.2 Å². The number of hydrogen-bond donors (Lipinski definition) is 1. The predicted molar refractivity (Wildman–Crippen MR) is 54.1 cm³/mol. The minimum Gasteiger partial charge on any atom is -0.372 e. The van der Waals surface area contributed by atoms with Crippen molar-refractivity contribution < 1.29 is 17.9 Å². The van der Waals surface area contributed by atoms with Crippen LogP contribution in [0.3, 0.4) is 0 Å². The summed E-state index contributed by atoms with van der Waals surface area (Å²) in [5, 5.41) is 4.06. The van der Waals surface area contributed by atoms with Crippen LogP contribution in [0.25, 0.3) is 0 Å². The van der Waals surface area contributed by atoms with Crippen LogP contribution < -0.4 is 5.73 Å². The van der Waals surface area contributed by atoms with Crippen molar-refractivity contribution in [2.24, 2.45) is 5.73 Å². The van der Waals surface area contributed by atoms with Gasteiger partial charge in [0.05, 0.1) is 6.04 Å². The number of hydrogen-bond acceptors (Lipinski definition) is 4. The van der Waals surface area contributed by atoms with Crippen molar-refractivity contribution in [3.63, 3.8) is 0 Å². The van der Waals surface area contributed by atoms with Crippen LogP contribution in [-0.4, -0.2) is 34.2 Å². The number of halogens is 3. The first-order valence-electron chi connectivity index (χ1n) is 5.18. The van der Waals surface area contributed by atoms with Gasteiger partial charge in [0.25, 0.3) is 0 Å². The Morgan fingerprint density at radius 2 is 2.24 bits per heavy atom. The predicted octanol–water partition coefficient (Wildman–Crippen LogP) is 1.27. The Bertz CT molecular complexity index is 337. The maximum Gasteiger partial charge on any atom is 0.411 e. The summed E-state index contributed by atoms with van der Waals surface area (Å²) in [6.07, 6.45) is -2.32. The molecule has 5 nitrogen and oxygen atoms in total. The fraction of sp³-hybridized carbons (Fsp3) is 0.778. The molecule has 2 N–H and O–H groups in total. The average molecular weight is 252 g/mol. The minimum atomic E-state index is -4.27. The van der Waals surface area contributed by atoms with E-state index in [9.17, 15) is 13.2 Å². The quantitative estimate of drug-likeness (QED) is 0.774. The lowest BCUT2D eigenvalue weighted by Gasteiger charge is -2.07. The largest absolute Gasteiger partial charge is 0.411 e. The van der Waals surface area contributed by atoms with Crippen LogP contribution >= 0.6 is 0 Å². The molecule has 0 aromatic carbocycles. The van der Waals surface area contributed by atoms with Crippen LogP contribution in [0.15, 0.2) is 6.33 Å². The lowest BCUT2D eigenvalue weighted by atomic mass is 10.3. The molecule has 17 heavy (non-hydrogen) atoms. The summed E-state index contributed by atoms with van der Waals surface area (Å²) >= 11 is 0. The van der Waals surface area contributed by atoms with E-state index in [1.807, 2.05) is 0 Å². The van der Waals surface area contributed by atoms with Crippen molar-refractivity contribution >= 4 is 0 Å². The van der Waals surface area contributed by atoms with E-state index in [0.29, 0.717) is 18.8 Å². The summed E-state index contributed by atoms with van der Waals surface area (Å²) in [6.45, 7) is 1.03. The molecule has 0 aliphatic rings. The van der Waals surface area contributed by atoms with Gasteiger partial charge < -0.3 is 10.5 Å². The monoisotopic (exact) mass is 252 g/mol. The third kappa shape index (κ3) is 5.64. The Kier molecular flexibility index (Phi) is 4.88. The molecule has 0 radical (unpaired) electrons. The SMILES string of the molecule is CC(N)c1ncn(CCCOCC(F)(F)F)n1. The molecular weight excluding hydrogens is 237 g/mol. The Balaban J connectivity index is 2.18. The van der Waals surface area contributed by atoms with Gasteiger partial charge in [-0.15, -0.1) is 0 Å². The van der Waals surface area contributed by atoms with Crippen LogP contribution in [0.2, 0.25) is 0 Å². The number of aromatic nitrogens is 3. The summed E-state index contributed by atoms with van der Waals surface area (Å²) < 4.78 is 41.2. The average Bonchev–Trinajstić information content (AvgIpc) is 2.64. The Morgan fingerprint density at radius 3 is 2.76 bits per heavy atom. The first kappa shape index (κ1) is 13.9. The smallest absolute Gasteiger partial charge is 0.372 e. The topological polar surface area (TPSA) is 66.0 Å². The number of alkyl halides is 3. The molecule has 0 amide bonds. The molecule has 98 valence electrons. The van der Waals surface area contributed by atoms with Crippen LogP contribution in [-0.2, 0) is 11.3 Å². The van der Waals surface area contributed by atoms with Crippen LogP contribution in [0.4, 0.5) is 13.2 Å². The summed E-state index contributed by atoms with van der Waals surface area (Å²) in [4.78, 5) is 3.96.